The Morgan fingerprint density at radius 1 is 1.38 bits per heavy atom. The molecule has 0 unspecified atom stereocenters. The van der Waals surface area contributed by atoms with Gasteiger partial charge in [-0.25, -0.2) is 13.9 Å². The predicted octanol–water partition coefficient (Wildman–Crippen LogP) is 2.39. The molecule has 7 heteroatoms. The van der Waals surface area contributed by atoms with E-state index in [0.717, 1.165) is 5.56 Å². The quantitative estimate of drug-likeness (QED) is 0.915. The summed E-state index contributed by atoms with van der Waals surface area (Å²) in [4.78, 5) is 11.7. The van der Waals surface area contributed by atoms with Crippen molar-refractivity contribution in [1.29, 1.82) is 0 Å². The summed E-state index contributed by atoms with van der Waals surface area (Å²) in [5.41, 5.74) is -0.320. The van der Waals surface area contributed by atoms with Crippen LogP contribution < -0.4 is 0 Å². The Labute approximate surface area is 121 Å². The highest BCUT2D eigenvalue weighted by molar-refractivity contribution is 5.77. The van der Waals surface area contributed by atoms with Gasteiger partial charge >= 0.3 is 5.97 Å². The largest absolute Gasteiger partial charge is 0.479 e. The van der Waals surface area contributed by atoms with Gasteiger partial charge in [0.15, 0.2) is 11.4 Å². The standard InChI is InChI=1S/C14H17FN4O2/c1-4-14(5-2,13(20)21)19-12(16-17-18-19)10-7-6-9(3)8-11(10)15/h6-8H,4-5H2,1-3H3,(H,20,21). The van der Waals surface area contributed by atoms with Crippen molar-refractivity contribution >= 4 is 5.97 Å². The number of rotatable bonds is 5. The summed E-state index contributed by atoms with van der Waals surface area (Å²) in [5.74, 6) is -1.38. The molecule has 0 spiro atoms. The van der Waals surface area contributed by atoms with Gasteiger partial charge in [0.25, 0.3) is 0 Å². The molecule has 2 aromatic rings. The third-order valence-electron chi connectivity index (χ3n) is 3.81. The van der Waals surface area contributed by atoms with E-state index < -0.39 is 17.3 Å². The zero-order chi connectivity index (χ0) is 15.6. The molecule has 0 aliphatic rings. The van der Waals surface area contributed by atoms with E-state index in [4.69, 9.17) is 0 Å². The Bertz CT molecular complexity index is 665. The second-order valence-electron chi connectivity index (χ2n) is 4.94. The molecule has 0 atom stereocenters. The topological polar surface area (TPSA) is 80.9 Å². The minimum atomic E-state index is -1.28. The van der Waals surface area contributed by atoms with Gasteiger partial charge in [0.1, 0.15) is 5.82 Å². The van der Waals surface area contributed by atoms with Crippen molar-refractivity contribution in [3.8, 4) is 11.4 Å². The van der Waals surface area contributed by atoms with Crippen LogP contribution in [0.3, 0.4) is 0 Å². The van der Waals surface area contributed by atoms with Crippen molar-refractivity contribution in [1.82, 2.24) is 20.2 Å². The molecule has 1 aromatic carbocycles. The van der Waals surface area contributed by atoms with E-state index >= 15 is 0 Å². The summed E-state index contributed by atoms with van der Waals surface area (Å²) in [6.45, 7) is 5.26. The van der Waals surface area contributed by atoms with E-state index in [1.165, 1.54) is 10.7 Å². The van der Waals surface area contributed by atoms with Crippen LogP contribution in [0, 0.1) is 12.7 Å². The van der Waals surface area contributed by atoms with Gasteiger partial charge < -0.3 is 5.11 Å². The Kier molecular flexibility index (Phi) is 4.02. The first-order chi connectivity index (χ1) is 9.96. The van der Waals surface area contributed by atoms with Crippen LogP contribution in [0.2, 0.25) is 0 Å². The number of carbonyl (C=O) groups is 1. The summed E-state index contributed by atoms with van der Waals surface area (Å²) in [6, 6.07) is 4.66. The van der Waals surface area contributed by atoms with Crippen LogP contribution >= 0.6 is 0 Å². The average molecular weight is 292 g/mol. The number of benzene rings is 1. The number of aromatic nitrogens is 4. The first-order valence-electron chi connectivity index (χ1n) is 6.75. The van der Waals surface area contributed by atoms with Gasteiger partial charge in [-0.05, 0) is 47.9 Å². The SMILES string of the molecule is CCC(CC)(C(=O)O)n1nnnc1-c1ccc(C)cc1F. The molecule has 0 saturated heterocycles. The molecule has 1 heterocycles. The molecule has 6 nitrogen and oxygen atoms in total. The van der Waals surface area contributed by atoms with Crippen molar-refractivity contribution in [2.75, 3.05) is 0 Å². The third-order valence-corrected chi connectivity index (χ3v) is 3.81. The first-order valence-corrected chi connectivity index (χ1v) is 6.75. The van der Waals surface area contributed by atoms with Gasteiger partial charge in [-0.15, -0.1) is 5.10 Å². The summed E-state index contributed by atoms with van der Waals surface area (Å²) in [6.07, 6.45) is 0.592. The molecule has 0 fully saturated rings. The molecule has 0 aliphatic carbocycles. The van der Waals surface area contributed by atoms with E-state index in [-0.39, 0.29) is 11.4 Å². The lowest BCUT2D eigenvalue weighted by atomic mass is 9.92. The van der Waals surface area contributed by atoms with Crippen molar-refractivity contribution in [2.45, 2.75) is 39.2 Å². The molecule has 112 valence electrons. The van der Waals surface area contributed by atoms with Gasteiger partial charge in [-0.3, -0.25) is 0 Å². The summed E-state index contributed by atoms with van der Waals surface area (Å²) in [5, 5.41) is 20.7. The number of hydrogen-bond donors (Lipinski definition) is 1. The normalized spacial score (nSPS) is 11.6. The molecular formula is C14H17FN4O2. The monoisotopic (exact) mass is 292 g/mol. The molecule has 0 aliphatic heterocycles. The van der Waals surface area contributed by atoms with Gasteiger partial charge in [-0.1, -0.05) is 19.9 Å². The Morgan fingerprint density at radius 2 is 2.05 bits per heavy atom. The average Bonchev–Trinajstić information content (AvgIpc) is 2.90. The smallest absolute Gasteiger partial charge is 0.331 e. The van der Waals surface area contributed by atoms with Crippen LogP contribution in [0.4, 0.5) is 4.39 Å². The zero-order valence-electron chi connectivity index (χ0n) is 12.2. The maximum absolute atomic E-state index is 14.1. The number of aliphatic carboxylic acids is 1. The molecule has 0 bridgehead atoms. The van der Waals surface area contributed by atoms with Crippen molar-refractivity contribution < 1.29 is 14.3 Å². The van der Waals surface area contributed by atoms with Crippen LogP contribution in [0.15, 0.2) is 18.2 Å². The first kappa shape index (κ1) is 15.1. The lowest BCUT2D eigenvalue weighted by Gasteiger charge is -2.27. The number of carboxylic acid groups (broad SMARTS) is 1. The molecular weight excluding hydrogens is 275 g/mol. The highest BCUT2D eigenvalue weighted by atomic mass is 19.1. The molecule has 0 radical (unpaired) electrons. The van der Waals surface area contributed by atoms with Crippen LogP contribution in [-0.2, 0) is 10.3 Å². The van der Waals surface area contributed by atoms with Gasteiger partial charge in [0, 0.05) is 0 Å². The van der Waals surface area contributed by atoms with Crippen molar-refractivity contribution in [3.05, 3.63) is 29.6 Å². The third kappa shape index (κ3) is 2.39. The number of hydrogen-bond acceptors (Lipinski definition) is 4. The van der Waals surface area contributed by atoms with E-state index in [1.54, 1.807) is 32.9 Å². The highest BCUT2D eigenvalue weighted by Gasteiger charge is 2.40. The summed E-state index contributed by atoms with van der Waals surface area (Å²) < 4.78 is 15.3. The summed E-state index contributed by atoms with van der Waals surface area (Å²) >= 11 is 0. The maximum Gasteiger partial charge on any atom is 0.331 e. The zero-order valence-corrected chi connectivity index (χ0v) is 12.2. The van der Waals surface area contributed by atoms with Crippen LogP contribution in [0.1, 0.15) is 32.3 Å². The van der Waals surface area contributed by atoms with Crippen molar-refractivity contribution in [3.63, 3.8) is 0 Å². The Morgan fingerprint density at radius 3 is 2.57 bits per heavy atom. The second-order valence-corrected chi connectivity index (χ2v) is 4.94. The Hall–Kier alpha value is -2.31. The Balaban J connectivity index is 2.64. The molecule has 1 N–H and O–H groups in total. The number of halogens is 1. The number of nitrogens with zero attached hydrogens (tertiary/aromatic N) is 4. The van der Waals surface area contributed by atoms with E-state index in [0.29, 0.717) is 12.8 Å². The van der Waals surface area contributed by atoms with E-state index in [9.17, 15) is 14.3 Å². The lowest BCUT2D eigenvalue weighted by molar-refractivity contribution is -0.148. The number of aryl methyl sites for hydroxylation is 1. The number of carboxylic acids is 1. The summed E-state index contributed by atoms with van der Waals surface area (Å²) in [7, 11) is 0. The predicted molar refractivity (Wildman–Crippen MR) is 74.1 cm³/mol. The highest BCUT2D eigenvalue weighted by Crippen LogP contribution is 2.30. The molecule has 0 saturated carbocycles. The van der Waals surface area contributed by atoms with Gasteiger partial charge in [-0.2, -0.15) is 0 Å². The minimum absolute atomic E-state index is 0.124. The second kappa shape index (κ2) is 5.59. The van der Waals surface area contributed by atoms with Gasteiger partial charge in [0.05, 0.1) is 5.56 Å². The fraction of sp³-hybridized carbons (Fsp3) is 0.429. The van der Waals surface area contributed by atoms with E-state index in [2.05, 4.69) is 15.5 Å². The van der Waals surface area contributed by atoms with Crippen LogP contribution in [-0.4, -0.2) is 31.3 Å². The van der Waals surface area contributed by atoms with E-state index in [1.807, 2.05) is 0 Å². The fourth-order valence-corrected chi connectivity index (χ4v) is 2.39. The van der Waals surface area contributed by atoms with Crippen LogP contribution in [0.5, 0.6) is 0 Å². The molecule has 2 rings (SSSR count). The van der Waals surface area contributed by atoms with Crippen LogP contribution in [0.25, 0.3) is 11.4 Å². The van der Waals surface area contributed by atoms with Crippen molar-refractivity contribution in [2.24, 2.45) is 0 Å². The lowest BCUT2D eigenvalue weighted by Crippen LogP contribution is -2.42. The number of tetrazole rings is 1. The molecule has 21 heavy (non-hydrogen) atoms. The van der Waals surface area contributed by atoms with Gasteiger partial charge in [0.2, 0.25) is 0 Å². The molecule has 0 amide bonds. The fourth-order valence-electron chi connectivity index (χ4n) is 2.39. The molecule has 1 aromatic heterocycles. The minimum Gasteiger partial charge on any atom is -0.479 e. The maximum atomic E-state index is 14.1.